The first-order chi connectivity index (χ1) is 7.68. The van der Waals surface area contributed by atoms with Crippen LogP contribution >= 0.6 is 31.9 Å². The van der Waals surface area contributed by atoms with Crippen LogP contribution < -0.4 is 0 Å². The molecule has 2 rings (SSSR count). The number of nitrogens with zero attached hydrogens (tertiary/aromatic N) is 1. The average molecular weight is 345 g/mol. The number of hydrogen-bond donors (Lipinski definition) is 0. The Hall–Kier alpha value is -0.480. The van der Waals surface area contributed by atoms with E-state index >= 15 is 0 Å². The summed E-state index contributed by atoms with van der Waals surface area (Å²) in [6.07, 6.45) is 7.87. The molecule has 0 saturated carbocycles. The summed E-state index contributed by atoms with van der Waals surface area (Å²) in [5, 5.41) is 0. The highest BCUT2D eigenvalue weighted by Crippen LogP contribution is 2.25. The molecule has 16 heavy (non-hydrogen) atoms. The Morgan fingerprint density at radius 2 is 2.12 bits per heavy atom. The van der Waals surface area contributed by atoms with Gasteiger partial charge in [0.25, 0.3) is 0 Å². The summed E-state index contributed by atoms with van der Waals surface area (Å²) in [6, 6.07) is 1.85. The fraction of sp³-hybridized carbons (Fsp3) is 0.333. The quantitative estimate of drug-likeness (QED) is 0.749. The van der Waals surface area contributed by atoms with Crippen molar-refractivity contribution in [3.05, 3.63) is 38.6 Å². The number of Topliss-reactive ketones (excluding diaryl/α,β-unsaturated/α-hetero) is 1. The molecule has 0 radical (unpaired) electrons. The first kappa shape index (κ1) is 12.0. The van der Waals surface area contributed by atoms with Crippen molar-refractivity contribution in [3.8, 4) is 0 Å². The van der Waals surface area contributed by atoms with E-state index in [1.807, 2.05) is 12.1 Å². The van der Waals surface area contributed by atoms with Gasteiger partial charge >= 0.3 is 0 Å². The Kier molecular flexibility index (Phi) is 3.92. The van der Waals surface area contributed by atoms with Crippen LogP contribution in [0.25, 0.3) is 0 Å². The van der Waals surface area contributed by atoms with Crippen molar-refractivity contribution in [1.29, 1.82) is 0 Å². The molecule has 0 N–H and O–H groups in total. The van der Waals surface area contributed by atoms with Crippen molar-refractivity contribution in [3.63, 3.8) is 0 Å². The minimum Gasteiger partial charge on any atom is -0.287 e. The largest absolute Gasteiger partial charge is 0.287 e. The number of rotatable bonds is 2. The number of pyridine rings is 1. The number of hydrogen-bond acceptors (Lipinski definition) is 2. The van der Waals surface area contributed by atoms with Crippen molar-refractivity contribution in [2.45, 2.75) is 25.7 Å². The van der Waals surface area contributed by atoms with Gasteiger partial charge in [-0.2, -0.15) is 0 Å². The van der Waals surface area contributed by atoms with Gasteiger partial charge in [-0.15, -0.1) is 0 Å². The number of ketones is 1. The molecule has 0 saturated heterocycles. The minimum absolute atomic E-state index is 0.0547. The monoisotopic (exact) mass is 343 g/mol. The zero-order valence-corrected chi connectivity index (χ0v) is 11.8. The van der Waals surface area contributed by atoms with Gasteiger partial charge in [0.15, 0.2) is 0 Å². The Morgan fingerprint density at radius 1 is 1.31 bits per heavy atom. The lowest BCUT2D eigenvalue weighted by Crippen LogP contribution is -2.09. The number of carbonyl (C=O) groups excluding carboxylic acids is 1. The predicted molar refractivity (Wildman–Crippen MR) is 70.5 cm³/mol. The maximum absolute atomic E-state index is 12.2. The number of carbonyl (C=O) groups is 1. The lowest BCUT2D eigenvalue weighted by Gasteiger charge is -2.11. The van der Waals surface area contributed by atoms with Crippen LogP contribution in [-0.2, 0) is 0 Å². The van der Waals surface area contributed by atoms with Crippen LogP contribution in [0, 0.1) is 0 Å². The molecule has 0 amide bonds. The first-order valence-electron chi connectivity index (χ1n) is 5.23. The molecular formula is C12H11Br2NO. The Labute approximate surface area is 111 Å². The summed E-state index contributed by atoms with van der Waals surface area (Å²) in [5.74, 6) is 0.0547. The van der Waals surface area contributed by atoms with E-state index in [0.29, 0.717) is 5.69 Å². The molecule has 0 bridgehead atoms. The molecule has 1 aliphatic carbocycles. The molecule has 1 aromatic heterocycles. The van der Waals surface area contributed by atoms with Crippen molar-refractivity contribution in [1.82, 2.24) is 4.98 Å². The van der Waals surface area contributed by atoms with Crippen LogP contribution in [0.1, 0.15) is 36.2 Å². The first-order valence-corrected chi connectivity index (χ1v) is 6.82. The second-order valence-electron chi connectivity index (χ2n) is 3.79. The van der Waals surface area contributed by atoms with Crippen molar-refractivity contribution < 1.29 is 4.79 Å². The van der Waals surface area contributed by atoms with Crippen LogP contribution in [0.5, 0.6) is 0 Å². The maximum atomic E-state index is 12.2. The smallest absolute Gasteiger partial charge is 0.208 e. The van der Waals surface area contributed by atoms with Crippen molar-refractivity contribution >= 4 is 37.6 Å². The zero-order chi connectivity index (χ0) is 11.5. The second kappa shape index (κ2) is 5.23. The van der Waals surface area contributed by atoms with Gasteiger partial charge in [-0.3, -0.25) is 9.78 Å². The molecule has 0 aliphatic heterocycles. The molecule has 4 heteroatoms. The highest BCUT2D eigenvalue weighted by Gasteiger charge is 2.18. The molecule has 0 fully saturated rings. The normalized spacial score (nSPS) is 15.8. The number of halogens is 2. The summed E-state index contributed by atoms with van der Waals surface area (Å²) in [6.45, 7) is 0. The molecular weight excluding hydrogens is 334 g/mol. The van der Waals surface area contributed by atoms with Gasteiger partial charge in [0, 0.05) is 15.1 Å². The van der Waals surface area contributed by atoms with E-state index in [2.05, 4.69) is 36.8 Å². The summed E-state index contributed by atoms with van der Waals surface area (Å²) in [5.41, 5.74) is 1.41. The Bertz CT molecular complexity index is 454. The highest BCUT2D eigenvalue weighted by molar-refractivity contribution is 9.11. The molecule has 0 spiro atoms. The van der Waals surface area contributed by atoms with Gasteiger partial charge in [-0.05, 0) is 69.2 Å². The Balaban J connectivity index is 2.30. The van der Waals surface area contributed by atoms with Crippen LogP contribution in [0.3, 0.4) is 0 Å². The van der Waals surface area contributed by atoms with Gasteiger partial charge in [-0.1, -0.05) is 6.08 Å². The van der Waals surface area contributed by atoms with E-state index in [-0.39, 0.29) is 5.78 Å². The molecule has 1 heterocycles. The minimum atomic E-state index is 0.0547. The topological polar surface area (TPSA) is 30.0 Å². The predicted octanol–water partition coefficient (Wildman–Crippen LogP) is 4.29. The van der Waals surface area contributed by atoms with Crippen LogP contribution in [0.15, 0.2) is 32.9 Å². The summed E-state index contributed by atoms with van der Waals surface area (Å²) >= 11 is 6.70. The molecule has 1 aliphatic rings. The standard InChI is InChI=1S/C12H11Br2NO/c13-9-6-10(14)11(15-7-9)12(16)8-4-2-1-3-5-8/h4,6-7H,1-3,5H2. The lowest BCUT2D eigenvalue weighted by atomic mass is 9.95. The zero-order valence-electron chi connectivity index (χ0n) is 8.67. The van der Waals surface area contributed by atoms with Crippen LogP contribution in [-0.4, -0.2) is 10.8 Å². The third-order valence-electron chi connectivity index (χ3n) is 2.61. The fourth-order valence-corrected chi connectivity index (χ4v) is 2.95. The van der Waals surface area contributed by atoms with Gasteiger partial charge in [0.2, 0.25) is 5.78 Å². The summed E-state index contributed by atoms with van der Waals surface area (Å²) in [7, 11) is 0. The van der Waals surface area contributed by atoms with E-state index in [0.717, 1.165) is 33.8 Å². The SMILES string of the molecule is O=C(C1=CCCCC1)c1ncc(Br)cc1Br. The molecule has 84 valence electrons. The molecule has 2 nitrogen and oxygen atoms in total. The van der Waals surface area contributed by atoms with E-state index in [4.69, 9.17) is 0 Å². The van der Waals surface area contributed by atoms with Crippen LogP contribution in [0.4, 0.5) is 0 Å². The number of aromatic nitrogens is 1. The highest BCUT2D eigenvalue weighted by atomic mass is 79.9. The van der Waals surface area contributed by atoms with E-state index in [9.17, 15) is 4.79 Å². The maximum Gasteiger partial charge on any atom is 0.208 e. The third kappa shape index (κ3) is 2.61. The van der Waals surface area contributed by atoms with Crippen molar-refractivity contribution in [2.24, 2.45) is 0 Å². The van der Waals surface area contributed by atoms with Crippen molar-refractivity contribution in [2.75, 3.05) is 0 Å². The second-order valence-corrected chi connectivity index (χ2v) is 5.56. The third-order valence-corrected chi connectivity index (χ3v) is 3.64. The van der Waals surface area contributed by atoms with E-state index < -0.39 is 0 Å². The van der Waals surface area contributed by atoms with Gasteiger partial charge in [0.1, 0.15) is 5.69 Å². The average Bonchev–Trinajstić information content (AvgIpc) is 2.29. The Morgan fingerprint density at radius 3 is 2.75 bits per heavy atom. The fourth-order valence-electron chi connectivity index (χ4n) is 1.78. The lowest BCUT2D eigenvalue weighted by molar-refractivity contribution is 0.102. The van der Waals surface area contributed by atoms with E-state index in [1.165, 1.54) is 6.42 Å². The van der Waals surface area contributed by atoms with Crippen LogP contribution in [0.2, 0.25) is 0 Å². The van der Waals surface area contributed by atoms with Gasteiger partial charge in [0.05, 0.1) is 0 Å². The summed E-state index contributed by atoms with van der Waals surface area (Å²) < 4.78 is 1.62. The molecule has 0 atom stereocenters. The molecule has 0 unspecified atom stereocenters. The van der Waals surface area contributed by atoms with E-state index in [1.54, 1.807) is 6.20 Å². The van der Waals surface area contributed by atoms with Gasteiger partial charge in [-0.25, -0.2) is 0 Å². The molecule has 1 aromatic rings. The number of allylic oxidation sites excluding steroid dienone is 2. The van der Waals surface area contributed by atoms with Gasteiger partial charge < -0.3 is 0 Å². The summed E-state index contributed by atoms with van der Waals surface area (Å²) in [4.78, 5) is 16.3. The molecule has 0 aromatic carbocycles.